The van der Waals surface area contributed by atoms with Crippen molar-refractivity contribution < 1.29 is 19.4 Å². The van der Waals surface area contributed by atoms with Crippen molar-refractivity contribution in [2.45, 2.75) is 13.3 Å². The largest absolute Gasteiger partial charge is 0.504 e. The van der Waals surface area contributed by atoms with Crippen LogP contribution in [0.25, 0.3) is 0 Å². The van der Waals surface area contributed by atoms with Crippen LogP contribution in [0.2, 0.25) is 0 Å². The van der Waals surface area contributed by atoms with Crippen LogP contribution in [0.1, 0.15) is 13.3 Å². The summed E-state index contributed by atoms with van der Waals surface area (Å²) in [6.45, 7) is 5.73. The lowest BCUT2D eigenvalue weighted by Crippen LogP contribution is -2.09. The lowest BCUT2D eigenvalue weighted by molar-refractivity contribution is -0.139. The van der Waals surface area contributed by atoms with Crippen LogP contribution < -0.4 is 4.74 Å². The van der Waals surface area contributed by atoms with Crippen molar-refractivity contribution in [3.05, 3.63) is 36.4 Å². The number of aromatic hydroxyl groups is 1. The molecule has 1 rings (SSSR count). The molecule has 0 heterocycles. The van der Waals surface area contributed by atoms with Gasteiger partial charge in [0.05, 0.1) is 13.2 Å². The number of phenols is 1. The first-order valence-electron chi connectivity index (χ1n) is 5.34. The molecular formula is C13H16O4. The van der Waals surface area contributed by atoms with Crippen LogP contribution in [0.4, 0.5) is 0 Å². The average molecular weight is 236 g/mol. The number of carbonyl (C=O) groups excluding carboxylic acids is 1. The van der Waals surface area contributed by atoms with E-state index < -0.39 is 5.97 Å². The molecule has 0 atom stereocenters. The normalized spacial score (nSPS) is 9.71. The molecule has 1 aromatic rings. The Bertz CT molecular complexity index is 398. The third-order valence-corrected chi connectivity index (χ3v) is 1.99. The number of benzene rings is 1. The highest BCUT2D eigenvalue weighted by atomic mass is 16.5. The highest BCUT2D eigenvalue weighted by Crippen LogP contribution is 2.24. The summed E-state index contributed by atoms with van der Waals surface area (Å²) >= 11 is 0. The van der Waals surface area contributed by atoms with E-state index in [4.69, 9.17) is 9.47 Å². The van der Waals surface area contributed by atoms with Crippen molar-refractivity contribution in [1.29, 1.82) is 0 Å². The van der Waals surface area contributed by atoms with E-state index in [1.54, 1.807) is 31.2 Å². The third kappa shape index (κ3) is 4.59. The minimum absolute atomic E-state index is 0.103. The molecule has 0 saturated carbocycles. The maximum atomic E-state index is 11.0. The van der Waals surface area contributed by atoms with Crippen LogP contribution in [0.15, 0.2) is 36.4 Å². The van der Waals surface area contributed by atoms with Crippen LogP contribution in [0.3, 0.4) is 0 Å². The molecule has 1 N–H and O–H groups in total. The summed E-state index contributed by atoms with van der Waals surface area (Å²) in [4.78, 5) is 11.0. The molecule has 0 fully saturated rings. The van der Waals surface area contributed by atoms with Gasteiger partial charge in [-0.15, -0.1) is 0 Å². The number of carbonyl (C=O) groups is 1. The van der Waals surface area contributed by atoms with Crippen molar-refractivity contribution in [3.8, 4) is 11.5 Å². The van der Waals surface area contributed by atoms with E-state index in [1.807, 2.05) is 0 Å². The van der Waals surface area contributed by atoms with E-state index in [1.165, 1.54) is 0 Å². The Morgan fingerprint density at radius 1 is 1.35 bits per heavy atom. The molecule has 0 unspecified atom stereocenters. The van der Waals surface area contributed by atoms with Gasteiger partial charge in [0.25, 0.3) is 0 Å². The van der Waals surface area contributed by atoms with Gasteiger partial charge in [-0.25, -0.2) is 4.79 Å². The lowest BCUT2D eigenvalue weighted by atomic mass is 10.3. The van der Waals surface area contributed by atoms with Crippen molar-refractivity contribution >= 4 is 5.97 Å². The van der Waals surface area contributed by atoms with Gasteiger partial charge in [-0.1, -0.05) is 18.7 Å². The molecular weight excluding hydrogens is 220 g/mol. The van der Waals surface area contributed by atoms with Gasteiger partial charge in [0.2, 0.25) is 0 Å². The molecule has 17 heavy (non-hydrogen) atoms. The minimum atomic E-state index is -0.396. The minimum Gasteiger partial charge on any atom is -0.504 e. The summed E-state index contributed by atoms with van der Waals surface area (Å²) in [6.07, 6.45) is 0.563. The van der Waals surface area contributed by atoms with Gasteiger partial charge in [-0.2, -0.15) is 0 Å². The Kier molecular flexibility index (Phi) is 5.07. The Morgan fingerprint density at radius 3 is 2.71 bits per heavy atom. The van der Waals surface area contributed by atoms with Gasteiger partial charge in [0.1, 0.15) is 0 Å². The monoisotopic (exact) mass is 236 g/mol. The Labute approximate surface area is 100 Å². The molecule has 0 radical (unpaired) electrons. The summed E-state index contributed by atoms with van der Waals surface area (Å²) < 4.78 is 10.2. The van der Waals surface area contributed by atoms with Gasteiger partial charge in [0.15, 0.2) is 11.5 Å². The van der Waals surface area contributed by atoms with E-state index >= 15 is 0 Å². The zero-order valence-corrected chi connectivity index (χ0v) is 9.81. The van der Waals surface area contributed by atoms with Crippen molar-refractivity contribution in [2.24, 2.45) is 0 Å². The van der Waals surface area contributed by atoms with Crippen molar-refractivity contribution in [3.63, 3.8) is 0 Å². The van der Waals surface area contributed by atoms with Crippen LogP contribution in [0, 0.1) is 0 Å². The number of rotatable bonds is 6. The van der Waals surface area contributed by atoms with E-state index in [0.29, 0.717) is 24.4 Å². The smallest absolute Gasteiger partial charge is 0.333 e. The fourth-order valence-corrected chi connectivity index (χ4v) is 1.11. The van der Waals surface area contributed by atoms with E-state index in [0.717, 1.165) is 0 Å². The molecule has 92 valence electrons. The topological polar surface area (TPSA) is 55.8 Å². The Morgan fingerprint density at radius 2 is 2.06 bits per heavy atom. The summed E-state index contributed by atoms with van der Waals surface area (Å²) in [6, 6.07) is 6.72. The molecule has 4 heteroatoms. The predicted molar refractivity (Wildman–Crippen MR) is 64.0 cm³/mol. The van der Waals surface area contributed by atoms with Crippen LogP contribution in [-0.4, -0.2) is 24.3 Å². The van der Waals surface area contributed by atoms with E-state index in [9.17, 15) is 9.90 Å². The molecule has 0 amide bonds. The Balaban J connectivity index is 2.19. The van der Waals surface area contributed by atoms with E-state index in [2.05, 4.69) is 6.58 Å². The first-order valence-corrected chi connectivity index (χ1v) is 5.34. The molecule has 0 saturated heterocycles. The van der Waals surface area contributed by atoms with Crippen LogP contribution >= 0.6 is 0 Å². The maximum Gasteiger partial charge on any atom is 0.333 e. The fraction of sp³-hybridized carbons (Fsp3) is 0.308. The van der Waals surface area contributed by atoms with E-state index in [-0.39, 0.29) is 12.4 Å². The first kappa shape index (κ1) is 13.1. The van der Waals surface area contributed by atoms with Gasteiger partial charge >= 0.3 is 5.97 Å². The third-order valence-electron chi connectivity index (χ3n) is 1.99. The molecule has 4 nitrogen and oxygen atoms in total. The SMILES string of the molecule is C=C(C)C(=O)OCCCOc1ccccc1O. The van der Waals surface area contributed by atoms with Gasteiger partial charge in [-0.05, 0) is 19.1 Å². The average Bonchev–Trinajstić information content (AvgIpc) is 2.30. The van der Waals surface area contributed by atoms with Crippen LogP contribution in [-0.2, 0) is 9.53 Å². The molecule has 0 aliphatic rings. The molecule has 0 bridgehead atoms. The summed E-state index contributed by atoms with van der Waals surface area (Å²) in [7, 11) is 0. The highest BCUT2D eigenvalue weighted by Gasteiger charge is 2.03. The maximum absolute atomic E-state index is 11.0. The second-order valence-electron chi connectivity index (χ2n) is 3.59. The predicted octanol–water partition coefficient (Wildman–Crippen LogP) is 2.28. The molecule has 0 spiro atoms. The summed E-state index contributed by atoms with van der Waals surface area (Å²) in [5.74, 6) is 0.137. The Hall–Kier alpha value is -1.97. The lowest BCUT2D eigenvalue weighted by Gasteiger charge is -2.08. The highest BCUT2D eigenvalue weighted by molar-refractivity contribution is 5.86. The number of hydrogen-bond acceptors (Lipinski definition) is 4. The van der Waals surface area contributed by atoms with Gasteiger partial charge in [-0.3, -0.25) is 0 Å². The molecule has 1 aromatic carbocycles. The number of phenolic OH excluding ortho intramolecular Hbond substituents is 1. The quantitative estimate of drug-likeness (QED) is 0.467. The summed E-state index contributed by atoms with van der Waals surface area (Å²) in [5.41, 5.74) is 0.381. The van der Waals surface area contributed by atoms with Crippen molar-refractivity contribution in [1.82, 2.24) is 0 Å². The number of hydrogen-bond donors (Lipinski definition) is 1. The second kappa shape index (κ2) is 6.58. The van der Waals surface area contributed by atoms with Gasteiger partial charge < -0.3 is 14.6 Å². The standard InChI is InChI=1S/C13H16O4/c1-10(2)13(15)17-9-5-8-16-12-7-4-3-6-11(12)14/h3-4,6-7,14H,1,5,8-9H2,2H3. The zero-order chi connectivity index (χ0) is 12.7. The van der Waals surface area contributed by atoms with Gasteiger partial charge in [0, 0.05) is 12.0 Å². The molecule has 0 aliphatic heterocycles. The molecule has 0 aromatic heterocycles. The second-order valence-corrected chi connectivity index (χ2v) is 3.59. The first-order chi connectivity index (χ1) is 8.11. The number of esters is 1. The summed E-state index contributed by atoms with van der Waals surface area (Å²) in [5, 5.41) is 9.41. The number of ether oxygens (including phenoxy) is 2. The number of para-hydroxylation sites is 2. The zero-order valence-electron chi connectivity index (χ0n) is 9.81. The fourth-order valence-electron chi connectivity index (χ4n) is 1.11. The molecule has 0 aliphatic carbocycles. The van der Waals surface area contributed by atoms with Crippen LogP contribution in [0.5, 0.6) is 11.5 Å². The van der Waals surface area contributed by atoms with Crippen molar-refractivity contribution in [2.75, 3.05) is 13.2 Å².